The molecule has 0 heterocycles. The summed E-state index contributed by atoms with van der Waals surface area (Å²) < 4.78 is 0. The van der Waals surface area contributed by atoms with E-state index in [2.05, 4.69) is 44.2 Å². The lowest BCUT2D eigenvalue weighted by Crippen LogP contribution is -2.25. The van der Waals surface area contributed by atoms with Crippen molar-refractivity contribution in [3.05, 3.63) is 54.1 Å². The second-order valence-corrected chi connectivity index (χ2v) is 4.93. The predicted molar refractivity (Wildman–Crippen MR) is 67.9 cm³/mol. The van der Waals surface area contributed by atoms with Crippen molar-refractivity contribution in [2.45, 2.75) is 13.8 Å². The molecule has 1 heteroatoms. The number of hydrogen-bond acceptors (Lipinski definition) is 1. The summed E-state index contributed by atoms with van der Waals surface area (Å²) >= 11 is 0. The normalized spacial score (nSPS) is 22.9. The molecule has 84 valence electrons. The Kier molecular flexibility index (Phi) is 2.97. The molecule has 1 aromatic carbocycles. The van der Waals surface area contributed by atoms with E-state index in [1.54, 1.807) is 0 Å². The van der Waals surface area contributed by atoms with Crippen LogP contribution in [0.5, 0.6) is 0 Å². The van der Waals surface area contributed by atoms with Crippen molar-refractivity contribution in [3.8, 4) is 0 Å². The number of aliphatic hydroxyl groups excluding tert-OH is 1. The van der Waals surface area contributed by atoms with E-state index in [-0.39, 0.29) is 17.9 Å². The number of rotatable bonds is 2. The van der Waals surface area contributed by atoms with Gasteiger partial charge in [0.25, 0.3) is 0 Å². The maximum Gasteiger partial charge on any atom is 0.0502 e. The van der Waals surface area contributed by atoms with Gasteiger partial charge in [0.15, 0.2) is 0 Å². The first-order chi connectivity index (χ1) is 7.63. The topological polar surface area (TPSA) is 20.2 Å². The molecule has 2 rings (SSSR count). The van der Waals surface area contributed by atoms with Crippen LogP contribution >= 0.6 is 0 Å². The van der Waals surface area contributed by atoms with Crippen molar-refractivity contribution in [1.29, 1.82) is 0 Å². The third-order valence-electron chi connectivity index (χ3n) is 3.33. The van der Waals surface area contributed by atoms with Crippen LogP contribution in [0.3, 0.4) is 0 Å². The highest BCUT2D eigenvalue weighted by atomic mass is 16.3. The smallest absolute Gasteiger partial charge is 0.0502 e. The largest absolute Gasteiger partial charge is 0.396 e. The summed E-state index contributed by atoms with van der Waals surface area (Å²) in [7, 11) is 0. The van der Waals surface area contributed by atoms with Crippen molar-refractivity contribution in [2.75, 3.05) is 6.61 Å². The summed E-state index contributed by atoms with van der Waals surface area (Å²) in [5.41, 5.74) is 2.47. The average Bonchev–Trinajstić information content (AvgIpc) is 2.30. The molecule has 1 N–H and O–H groups in total. The van der Waals surface area contributed by atoms with Crippen LogP contribution in [-0.2, 0) is 0 Å². The molecule has 16 heavy (non-hydrogen) atoms. The molecular weight excluding hydrogens is 196 g/mol. The summed E-state index contributed by atoms with van der Waals surface area (Å²) in [6.45, 7) is 4.51. The van der Waals surface area contributed by atoms with E-state index in [1.807, 2.05) is 18.2 Å². The lowest BCUT2D eigenvalue weighted by molar-refractivity contribution is 0.185. The van der Waals surface area contributed by atoms with Crippen LogP contribution in [0.15, 0.2) is 48.6 Å². The van der Waals surface area contributed by atoms with E-state index in [0.717, 1.165) is 0 Å². The van der Waals surface area contributed by atoms with Gasteiger partial charge in [0.05, 0.1) is 6.61 Å². The fourth-order valence-electron chi connectivity index (χ4n) is 2.03. The van der Waals surface area contributed by atoms with E-state index >= 15 is 0 Å². The van der Waals surface area contributed by atoms with Crippen LogP contribution < -0.4 is 0 Å². The monoisotopic (exact) mass is 214 g/mol. The molecular formula is C15H18O. The minimum absolute atomic E-state index is 0.0486. The van der Waals surface area contributed by atoms with E-state index < -0.39 is 0 Å². The Hall–Kier alpha value is -1.34. The van der Waals surface area contributed by atoms with Crippen LogP contribution in [-0.4, -0.2) is 11.7 Å². The van der Waals surface area contributed by atoms with Crippen molar-refractivity contribution in [3.63, 3.8) is 0 Å². The van der Waals surface area contributed by atoms with E-state index in [1.165, 1.54) is 11.1 Å². The molecule has 1 aliphatic carbocycles. The molecule has 0 saturated heterocycles. The molecule has 1 nitrogen and oxygen atoms in total. The molecule has 0 amide bonds. The molecule has 0 bridgehead atoms. The molecule has 1 aliphatic rings. The Labute approximate surface area is 97.1 Å². The van der Waals surface area contributed by atoms with Gasteiger partial charge in [-0.3, -0.25) is 0 Å². The Morgan fingerprint density at radius 1 is 1.19 bits per heavy atom. The SMILES string of the molecule is CC1(C)C=CC(c2ccccc2)=CC1CO. The first-order valence-electron chi connectivity index (χ1n) is 5.71. The zero-order valence-corrected chi connectivity index (χ0v) is 9.85. The maximum atomic E-state index is 9.41. The Balaban J connectivity index is 2.33. The van der Waals surface area contributed by atoms with Crippen LogP contribution in [0.2, 0.25) is 0 Å². The third kappa shape index (κ3) is 2.10. The zero-order chi connectivity index (χ0) is 11.6. The van der Waals surface area contributed by atoms with Gasteiger partial charge in [-0.05, 0) is 16.6 Å². The first-order valence-corrected chi connectivity index (χ1v) is 5.71. The predicted octanol–water partition coefficient (Wildman–Crippen LogP) is 3.27. The lowest BCUT2D eigenvalue weighted by atomic mass is 9.74. The summed E-state index contributed by atoms with van der Waals surface area (Å²) in [5, 5.41) is 9.41. The van der Waals surface area contributed by atoms with Crippen LogP contribution in [0.25, 0.3) is 5.57 Å². The summed E-state index contributed by atoms with van der Waals surface area (Å²) in [4.78, 5) is 0. The van der Waals surface area contributed by atoms with Crippen molar-refractivity contribution in [1.82, 2.24) is 0 Å². The quantitative estimate of drug-likeness (QED) is 0.801. The summed E-state index contributed by atoms with van der Waals surface area (Å²) in [6, 6.07) is 10.3. The van der Waals surface area contributed by atoms with Gasteiger partial charge < -0.3 is 5.11 Å². The van der Waals surface area contributed by atoms with Crippen LogP contribution in [0, 0.1) is 11.3 Å². The highest BCUT2D eigenvalue weighted by Gasteiger charge is 2.27. The van der Waals surface area contributed by atoms with Crippen LogP contribution in [0.4, 0.5) is 0 Å². The summed E-state index contributed by atoms with van der Waals surface area (Å²) in [6.07, 6.45) is 6.52. The van der Waals surface area contributed by atoms with Gasteiger partial charge >= 0.3 is 0 Å². The Morgan fingerprint density at radius 2 is 1.88 bits per heavy atom. The van der Waals surface area contributed by atoms with Crippen molar-refractivity contribution >= 4 is 5.57 Å². The van der Waals surface area contributed by atoms with Gasteiger partial charge in [0, 0.05) is 5.92 Å². The standard InChI is InChI=1S/C15H18O/c1-15(2)9-8-13(10-14(15)11-16)12-6-4-3-5-7-12/h3-10,14,16H,11H2,1-2H3. The Bertz CT molecular complexity index is 412. The third-order valence-corrected chi connectivity index (χ3v) is 3.33. The highest BCUT2D eigenvalue weighted by Crippen LogP contribution is 2.36. The van der Waals surface area contributed by atoms with Gasteiger partial charge in [-0.1, -0.05) is 62.4 Å². The molecule has 1 atom stereocenters. The summed E-state index contributed by atoms with van der Waals surface area (Å²) in [5.74, 6) is 0.202. The lowest BCUT2D eigenvalue weighted by Gasteiger charge is -2.31. The minimum atomic E-state index is 0.0486. The number of benzene rings is 1. The van der Waals surface area contributed by atoms with Gasteiger partial charge in [-0.2, -0.15) is 0 Å². The van der Waals surface area contributed by atoms with Crippen molar-refractivity contribution < 1.29 is 5.11 Å². The van der Waals surface area contributed by atoms with E-state index in [9.17, 15) is 5.11 Å². The van der Waals surface area contributed by atoms with Gasteiger partial charge in [0.2, 0.25) is 0 Å². The fourth-order valence-corrected chi connectivity index (χ4v) is 2.03. The van der Waals surface area contributed by atoms with Crippen molar-refractivity contribution in [2.24, 2.45) is 11.3 Å². The second kappa shape index (κ2) is 4.26. The number of aliphatic hydroxyl groups is 1. The number of allylic oxidation sites excluding steroid dienone is 3. The van der Waals surface area contributed by atoms with Gasteiger partial charge in [0.1, 0.15) is 0 Å². The molecule has 0 fully saturated rings. The average molecular weight is 214 g/mol. The van der Waals surface area contributed by atoms with E-state index in [4.69, 9.17) is 0 Å². The Morgan fingerprint density at radius 3 is 2.50 bits per heavy atom. The second-order valence-electron chi connectivity index (χ2n) is 4.93. The molecule has 0 saturated carbocycles. The molecule has 1 unspecified atom stereocenters. The molecule has 0 radical (unpaired) electrons. The first kappa shape index (κ1) is 11.2. The van der Waals surface area contributed by atoms with Gasteiger partial charge in [-0.15, -0.1) is 0 Å². The van der Waals surface area contributed by atoms with Crippen LogP contribution in [0.1, 0.15) is 19.4 Å². The van der Waals surface area contributed by atoms with Gasteiger partial charge in [-0.25, -0.2) is 0 Å². The van der Waals surface area contributed by atoms with E-state index in [0.29, 0.717) is 0 Å². The molecule has 0 spiro atoms. The zero-order valence-electron chi connectivity index (χ0n) is 9.85. The fraction of sp³-hybridized carbons (Fsp3) is 0.333. The minimum Gasteiger partial charge on any atom is -0.396 e. The molecule has 0 aliphatic heterocycles. The molecule has 1 aromatic rings. The molecule has 0 aromatic heterocycles. The highest BCUT2D eigenvalue weighted by molar-refractivity contribution is 5.75. The maximum absolute atomic E-state index is 9.41. The number of hydrogen-bond donors (Lipinski definition) is 1.